The first-order chi connectivity index (χ1) is 9.76. The summed E-state index contributed by atoms with van der Waals surface area (Å²) < 4.78 is 10.8. The third kappa shape index (κ3) is 2.57. The van der Waals surface area contributed by atoms with E-state index in [1.54, 1.807) is 7.11 Å². The Balaban J connectivity index is 1.76. The van der Waals surface area contributed by atoms with Crippen molar-refractivity contribution in [1.29, 1.82) is 0 Å². The van der Waals surface area contributed by atoms with E-state index in [0.29, 0.717) is 0 Å². The summed E-state index contributed by atoms with van der Waals surface area (Å²) >= 11 is 0. The highest BCUT2D eigenvalue weighted by molar-refractivity contribution is 5.53. The molecule has 0 fully saturated rings. The van der Waals surface area contributed by atoms with Crippen LogP contribution in [0.5, 0.6) is 11.5 Å². The van der Waals surface area contributed by atoms with Crippen molar-refractivity contribution in [3.63, 3.8) is 0 Å². The molecule has 0 radical (unpaired) electrons. The van der Waals surface area contributed by atoms with Crippen LogP contribution in [0.15, 0.2) is 42.5 Å². The Kier molecular flexibility index (Phi) is 3.50. The molecule has 3 nitrogen and oxygen atoms in total. The van der Waals surface area contributed by atoms with Gasteiger partial charge in [-0.15, -0.1) is 0 Å². The van der Waals surface area contributed by atoms with Gasteiger partial charge in [-0.1, -0.05) is 12.1 Å². The molecule has 3 rings (SSSR count). The number of benzene rings is 2. The Bertz CT molecular complexity index is 610. The molecular weight excluding hydrogens is 250 g/mol. The molecule has 1 aliphatic heterocycles. The molecule has 1 unspecified atom stereocenters. The highest BCUT2D eigenvalue weighted by Gasteiger charge is 2.13. The first-order valence-electron chi connectivity index (χ1n) is 6.92. The van der Waals surface area contributed by atoms with Crippen LogP contribution in [-0.2, 0) is 6.42 Å². The molecule has 0 aromatic heterocycles. The average Bonchev–Trinajstić information content (AvgIpc) is 2.95. The van der Waals surface area contributed by atoms with Gasteiger partial charge in [-0.05, 0) is 48.4 Å². The lowest BCUT2D eigenvalue weighted by atomic mass is 10.1. The fourth-order valence-corrected chi connectivity index (χ4v) is 2.52. The lowest BCUT2D eigenvalue weighted by Crippen LogP contribution is -2.06. The number of fused-ring (bicyclic) bond motifs is 1. The monoisotopic (exact) mass is 269 g/mol. The standard InChI is InChI=1S/C17H19NO2/c1-12(13-4-3-5-16(11-13)19-2)18-15-6-7-17-14(10-15)8-9-20-17/h3-7,10-12,18H,8-9H2,1-2H3. The third-order valence-electron chi connectivity index (χ3n) is 3.67. The van der Waals surface area contributed by atoms with Crippen molar-refractivity contribution in [3.8, 4) is 11.5 Å². The van der Waals surface area contributed by atoms with Crippen LogP contribution >= 0.6 is 0 Å². The first kappa shape index (κ1) is 12.9. The van der Waals surface area contributed by atoms with Crippen LogP contribution in [-0.4, -0.2) is 13.7 Å². The first-order valence-corrected chi connectivity index (χ1v) is 6.92. The van der Waals surface area contributed by atoms with E-state index in [1.807, 2.05) is 18.2 Å². The summed E-state index contributed by atoms with van der Waals surface area (Å²) in [4.78, 5) is 0. The summed E-state index contributed by atoms with van der Waals surface area (Å²) in [5, 5.41) is 3.53. The zero-order valence-corrected chi connectivity index (χ0v) is 11.8. The molecule has 1 aliphatic rings. The van der Waals surface area contributed by atoms with Crippen molar-refractivity contribution in [2.75, 3.05) is 19.0 Å². The van der Waals surface area contributed by atoms with Crippen molar-refractivity contribution in [1.82, 2.24) is 0 Å². The van der Waals surface area contributed by atoms with E-state index >= 15 is 0 Å². The highest BCUT2D eigenvalue weighted by atomic mass is 16.5. The Morgan fingerprint density at radius 1 is 1.20 bits per heavy atom. The number of nitrogens with one attached hydrogen (secondary N) is 1. The molecule has 104 valence electrons. The topological polar surface area (TPSA) is 30.5 Å². The molecule has 0 saturated heterocycles. The van der Waals surface area contributed by atoms with Gasteiger partial charge in [-0.3, -0.25) is 0 Å². The molecule has 0 aliphatic carbocycles. The zero-order valence-electron chi connectivity index (χ0n) is 11.8. The summed E-state index contributed by atoms with van der Waals surface area (Å²) in [7, 11) is 1.69. The van der Waals surface area contributed by atoms with E-state index in [0.717, 1.165) is 30.2 Å². The van der Waals surface area contributed by atoms with E-state index in [9.17, 15) is 0 Å². The molecule has 1 heterocycles. The Morgan fingerprint density at radius 2 is 2.10 bits per heavy atom. The number of hydrogen-bond acceptors (Lipinski definition) is 3. The van der Waals surface area contributed by atoms with Crippen molar-refractivity contribution in [2.24, 2.45) is 0 Å². The van der Waals surface area contributed by atoms with Gasteiger partial charge in [-0.2, -0.15) is 0 Å². The van der Waals surface area contributed by atoms with Crippen LogP contribution in [0.2, 0.25) is 0 Å². The maximum absolute atomic E-state index is 5.53. The largest absolute Gasteiger partial charge is 0.497 e. The zero-order chi connectivity index (χ0) is 13.9. The SMILES string of the molecule is COc1cccc(C(C)Nc2ccc3c(c2)CCO3)c1. The van der Waals surface area contributed by atoms with Gasteiger partial charge in [0.25, 0.3) is 0 Å². The highest BCUT2D eigenvalue weighted by Crippen LogP contribution is 2.30. The van der Waals surface area contributed by atoms with E-state index < -0.39 is 0 Å². The van der Waals surface area contributed by atoms with Crippen molar-refractivity contribution in [2.45, 2.75) is 19.4 Å². The summed E-state index contributed by atoms with van der Waals surface area (Å²) in [6, 6.07) is 14.7. The van der Waals surface area contributed by atoms with Gasteiger partial charge in [-0.25, -0.2) is 0 Å². The normalized spacial score (nSPS) is 14.3. The predicted octanol–water partition coefficient (Wildman–Crippen LogP) is 3.80. The fraction of sp³-hybridized carbons (Fsp3) is 0.294. The lowest BCUT2D eigenvalue weighted by molar-refractivity contribution is 0.357. The molecule has 2 aromatic carbocycles. The van der Waals surface area contributed by atoms with Crippen LogP contribution < -0.4 is 14.8 Å². The van der Waals surface area contributed by atoms with Crippen molar-refractivity contribution >= 4 is 5.69 Å². The number of methoxy groups -OCH3 is 1. The van der Waals surface area contributed by atoms with Gasteiger partial charge >= 0.3 is 0 Å². The number of hydrogen-bond donors (Lipinski definition) is 1. The minimum absolute atomic E-state index is 0.227. The maximum Gasteiger partial charge on any atom is 0.122 e. The van der Waals surface area contributed by atoms with E-state index in [1.165, 1.54) is 11.1 Å². The lowest BCUT2D eigenvalue weighted by Gasteiger charge is -2.17. The van der Waals surface area contributed by atoms with Crippen LogP contribution in [0.4, 0.5) is 5.69 Å². The summed E-state index contributed by atoms with van der Waals surface area (Å²) in [6.45, 7) is 2.95. The minimum Gasteiger partial charge on any atom is -0.497 e. The van der Waals surface area contributed by atoms with Crippen LogP contribution in [0.25, 0.3) is 0 Å². The van der Waals surface area contributed by atoms with Crippen LogP contribution in [0, 0.1) is 0 Å². The summed E-state index contributed by atoms with van der Waals surface area (Å²) in [6.07, 6.45) is 0.998. The molecule has 3 heteroatoms. The Labute approximate surface area is 119 Å². The molecule has 0 saturated carbocycles. The van der Waals surface area contributed by atoms with E-state index in [2.05, 4.69) is 36.5 Å². The molecule has 0 spiro atoms. The predicted molar refractivity (Wildman–Crippen MR) is 80.7 cm³/mol. The smallest absolute Gasteiger partial charge is 0.122 e. The fourth-order valence-electron chi connectivity index (χ4n) is 2.52. The molecule has 2 aromatic rings. The molecule has 0 bridgehead atoms. The van der Waals surface area contributed by atoms with E-state index in [-0.39, 0.29) is 6.04 Å². The molecule has 1 N–H and O–H groups in total. The third-order valence-corrected chi connectivity index (χ3v) is 3.67. The Morgan fingerprint density at radius 3 is 2.95 bits per heavy atom. The van der Waals surface area contributed by atoms with Gasteiger partial charge in [0.05, 0.1) is 13.7 Å². The van der Waals surface area contributed by atoms with E-state index in [4.69, 9.17) is 9.47 Å². The summed E-state index contributed by atoms with van der Waals surface area (Å²) in [5.74, 6) is 1.91. The van der Waals surface area contributed by atoms with Crippen molar-refractivity contribution in [3.05, 3.63) is 53.6 Å². The molecule has 20 heavy (non-hydrogen) atoms. The molecule has 0 amide bonds. The number of rotatable bonds is 4. The maximum atomic E-state index is 5.53. The second kappa shape index (κ2) is 5.45. The average molecular weight is 269 g/mol. The molecule has 1 atom stereocenters. The van der Waals surface area contributed by atoms with Gasteiger partial charge < -0.3 is 14.8 Å². The minimum atomic E-state index is 0.227. The van der Waals surface area contributed by atoms with Crippen LogP contribution in [0.1, 0.15) is 24.1 Å². The Hall–Kier alpha value is -2.16. The number of ether oxygens (including phenoxy) is 2. The number of anilines is 1. The van der Waals surface area contributed by atoms with Crippen molar-refractivity contribution < 1.29 is 9.47 Å². The quantitative estimate of drug-likeness (QED) is 0.915. The van der Waals surface area contributed by atoms with Gasteiger partial charge in [0.1, 0.15) is 11.5 Å². The van der Waals surface area contributed by atoms with Gasteiger partial charge in [0.2, 0.25) is 0 Å². The second-order valence-corrected chi connectivity index (χ2v) is 5.06. The van der Waals surface area contributed by atoms with Gasteiger partial charge in [0.15, 0.2) is 0 Å². The van der Waals surface area contributed by atoms with Crippen LogP contribution in [0.3, 0.4) is 0 Å². The second-order valence-electron chi connectivity index (χ2n) is 5.06. The molecular formula is C17H19NO2. The van der Waals surface area contributed by atoms with Gasteiger partial charge in [0, 0.05) is 18.2 Å². The summed E-state index contributed by atoms with van der Waals surface area (Å²) in [5.41, 5.74) is 3.62.